The third kappa shape index (κ3) is 5.37. The van der Waals surface area contributed by atoms with Crippen LogP contribution in [-0.4, -0.2) is 51.1 Å². The van der Waals surface area contributed by atoms with Gasteiger partial charge in [0, 0.05) is 39.8 Å². The molecule has 0 atom stereocenters. The highest BCUT2D eigenvalue weighted by atomic mass is 16.5. The van der Waals surface area contributed by atoms with E-state index in [4.69, 9.17) is 4.74 Å². The zero-order valence-electron chi connectivity index (χ0n) is 17.4. The van der Waals surface area contributed by atoms with Crippen molar-refractivity contribution < 1.29 is 9.53 Å². The van der Waals surface area contributed by atoms with Crippen LogP contribution in [0.3, 0.4) is 0 Å². The van der Waals surface area contributed by atoms with E-state index in [9.17, 15) is 4.79 Å². The van der Waals surface area contributed by atoms with Gasteiger partial charge in [0.2, 0.25) is 5.91 Å². The predicted molar refractivity (Wildman–Crippen MR) is 110 cm³/mol. The maximum atomic E-state index is 12.7. The number of aliphatic imine (C=N–C) groups is 1. The maximum Gasteiger partial charge on any atom is 0.230 e. The number of amides is 1. The van der Waals surface area contributed by atoms with Gasteiger partial charge in [-0.15, -0.1) is 0 Å². The molecule has 1 amide bonds. The van der Waals surface area contributed by atoms with Crippen molar-refractivity contribution in [1.29, 1.82) is 0 Å². The first-order chi connectivity index (χ1) is 12.9. The third-order valence-electron chi connectivity index (χ3n) is 5.21. The molecule has 27 heavy (non-hydrogen) atoms. The minimum Gasteiger partial charge on any atom is -0.494 e. The average Bonchev–Trinajstić information content (AvgIpc) is 3.13. The third-order valence-corrected chi connectivity index (χ3v) is 5.21. The van der Waals surface area contributed by atoms with Gasteiger partial charge < -0.3 is 20.3 Å². The van der Waals surface area contributed by atoms with Crippen LogP contribution in [0.1, 0.15) is 43.7 Å². The van der Waals surface area contributed by atoms with E-state index in [0.29, 0.717) is 25.7 Å². The van der Waals surface area contributed by atoms with Crippen molar-refractivity contribution in [2.24, 2.45) is 10.4 Å². The van der Waals surface area contributed by atoms with Gasteiger partial charge in [0.25, 0.3) is 0 Å². The molecule has 0 bridgehead atoms. The van der Waals surface area contributed by atoms with Crippen molar-refractivity contribution in [3.63, 3.8) is 0 Å². The van der Waals surface area contributed by atoms with Gasteiger partial charge in [-0.3, -0.25) is 9.79 Å². The summed E-state index contributed by atoms with van der Waals surface area (Å²) in [4.78, 5) is 18.7. The maximum absolute atomic E-state index is 12.7. The Balaban J connectivity index is 1.99. The number of carbonyl (C=O) groups is 1. The van der Waals surface area contributed by atoms with Gasteiger partial charge in [0.1, 0.15) is 5.75 Å². The van der Waals surface area contributed by atoms with Gasteiger partial charge in [0.05, 0.1) is 12.0 Å². The number of hydrogen-bond acceptors (Lipinski definition) is 3. The van der Waals surface area contributed by atoms with Gasteiger partial charge >= 0.3 is 0 Å². The largest absolute Gasteiger partial charge is 0.494 e. The second-order valence-corrected chi connectivity index (χ2v) is 7.51. The fourth-order valence-corrected chi connectivity index (χ4v) is 3.74. The number of benzene rings is 1. The molecule has 6 heteroatoms. The lowest BCUT2D eigenvalue weighted by molar-refractivity contribution is -0.138. The smallest absolute Gasteiger partial charge is 0.230 e. The van der Waals surface area contributed by atoms with Gasteiger partial charge in [-0.25, -0.2) is 0 Å². The monoisotopic (exact) mass is 374 g/mol. The number of hydrogen-bond donors (Lipinski definition) is 2. The van der Waals surface area contributed by atoms with E-state index in [1.54, 1.807) is 11.9 Å². The zero-order valence-corrected chi connectivity index (χ0v) is 17.4. The van der Waals surface area contributed by atoms with Gasteiger partial charge in [-0.2, -0.15) is 0 Å². The van der Waals surface area contributed by atoms with Gasteiger partial charge in [-0.05, 0) is 38.3 Å². The average molecular weight is 375 g/mol. The Bertz CT molecular complexity index is 664. The number of nitrogens with zero attached hydrogens (tertiary/aromatic N) is 2. The molecule has 0 radical (unpaired) electrons. The Hall–Kier alpha value is -2.24. The molecule has 0 aliphatic heterocycles. The van der Waals surface area contributed by atoms with E-state index in [0.717, 1.165) is 37.0 Å². The van der Waals surface area contributed by atoms with E-state index in [1.165, 1.54) is 5.56 Å². The molecular formula is C21H34N4O2. The Labute approximate surface area is 163 Å². The van der Waals surface area contributed by atoms with E-state index < -0.39 is 0 Å². The quantitative estimate of drug-likeness (QED) is 0.569. The summed E-state index contributed by atoms with van der Waals surface area (Å²) in [5.74, 6) is 1.81. The highest BCUT2D eigenvalue weighted by molar-refractivity contribution is 5.85. The fraction of sp³-hybridized carbons (Fsp3) is 0.619. The van der Waals surface area contributed by atoms with Crippen molar-refractivity contribution in [3.05, 3.63) is 29.3 Å². The van der Waals surface area contributed by atoms with Crippen LogP contribution >= 0.6 is 0 Å². The molecule has 1 aromatic rings. The normalized spacial score (nSPS) is 16.1. The van der Waals surface area contributed by atoms with Gasteiger partial charge in [0.15, 0.2) is 5.96 Å². The zero-order chi connectivity index (χ0) is 19.9. The lowest BCUT2D eigenvalue weighted by atomic mass is 9.84. The fourth-order valence-electron chi connectivity index (χ4n) is 3.74. The number of carbonyl (C=O) groups excluding carboxylic acids is 1. The standard InChI is InChI=1S/C21H34N4O2/c1-6-27-18-13-16(2)9-10-17(18)14-23-20(22-3)24-15-21(11-7-8-12-21)19(26)25(4)5/h9-10,13H,6-8,11-12,14-15H2,1-5H3,(H2,22,23,24). The summed E-state index contributed by atoms with van der Waals surface area (Å²) in [7, 11) is 5.42. The van der Waals surface area contributed by atoms with Crippen LogP contribution in [0.25, 0.3) is 0 Å². The summed E-state index contributed by atoms with van der Waals surface area (Å²) in [5, 5.41) is 6.72. The predicted octanol–water partition coefficient (Wildman–Crippen LogP) is 2.71. The number of aryl methyl sites for hydroxylation is 1. The summed E-state index contributed by atoms with van der Waals surface area (Å²) in [6.07, 6.45) is 4.07. The number of ether oxygens (including phenoxy) is 1. The molecular weight excluding hydrogens is 340 g/mol. The lowest BCUT2D eigenvalue weighted by Gasteiger charge is -2.31. The second kappa shape index (κ2) is 9.62. The Kier molecular flexibility index (Phi) is 7.51. The molecule has 0 heterocycles. The van der Waals surface area contributed by atoms with Crippen LogP contribution in [0.15, 0.2) is 23.2 Å². The number of guanidine groups is 1. The van der Waals surface area contributed by atoms with Crippen molar-refractivity contribution in [3.8, 4) is 5.75 Å². The minimum absolute atomic E-state index is 0.208. The molecule has 0 aromatic heterocycles. The van der Waals surface area contributed by atoms with Crippen LogP contribution in [-0.2, 0) is 11.3 Å². The van der Waals surface area contributed by atoms with E-state index in [1.807, 2.05) is 21.0 Å². The van der Waals surface area contributed by atoms with Crippen LogP contribution in [0.5, 0.6) is 5.75 Å². The first-order valence-corrected chi connectivity index (χ1v) is 9.80. The molecule has 1 aromatic carbocycles. The first-order valence-electron chi connectivity index (χ1n) is 9.80. The minimum atomic E-state index is -0.318. The molecule has 150 valence electrons. The first kappa shape index (κ1) is 21.1. The van der Waals surface area contributed by atoms with E-state index in [-0.39, 0.29) is 11.3 Å². The van der Waals surface area contributed by atoms with Crippen molar-refractivity contribution in [2.45, 2.75) is 46.1 Å². The Morgan fingerprint density at radius 1 is 1.26 bits per heavy atom. The van der Waals surface area contributed by atoms with Crippen LogP contribution in [0.4, 0.5) is 0 Å². The van der Waals surface area contributed by atoms with Crippen molar-refractivity contribution in [1.82, 2.24) is 15.5 Å². The summed E-state index contributed by atoms with van der Waals surface area (Å²) >= 11 is 0. The Morgan fingerprint density at radius 3 is 2.56 bits per heavy atom. The topological polar surface area (TPSA) is 66.0 Å². The van der Waals surface area contributed by atoms with Crippen molar-refractivity contribution in [2.75, 3.05) is 34.3 Å². The molecule has 6 nitrogen and oxygen atoms in total. The summed E-state index contributed by atoms with van der Waals surface area (Å²) in [5.41, 5.74) is 1.95. The molecule has 1 aliphatic rings. The van der Waals surface area contributed by atoms with Crippen LogP contribution < -0.4 is 15.4 Å². The molecule has 0 unspecified atom stereocenters. The lowest BCUT2D eigenvalue weighted by Crippen LogP contribution is -2.49. The summed E-state index contributed by atoms with van der Waals surface area (Å²) < 4.78 is 5.75. The molecule has 0 spiro atoms. The second-order valence-electron chi connectivity index (χ2n) is 7.51. The van der Waals surface area contributed by atoms with E-state index in [2.05, 4.69) is 40.7 Å². The Morgan fingerprint density at radius 2 is 1.96 bits per heavy atom. The molecule has 2 N–H and O–H groups in total. The molecule has 1 aliphatic carbocycles. The molecule has 0 saturated heterocycles. The number of rotatable bonds is 7. The van der Waals surface area contributed by atoms with Crippen LogP contribution in [0.2, 0.25) is 0 Å². The summed E-state index contributed by atoms with van der Waals surface area (Å²) in [6.45, 7) is 5.91. The van der Waals surface area contributed by atoms with Crippen molar-refractivity contribution >= 4 is 11.9 Å². The number of nitrogens with one attached hydrogen (secondary N) is 2. The highest BCUT2D eigenvalue weighted by Gasteiger charge is 2.42. The highest BCUT2D eigenvalue weighted by Crippen LogP contribution is 2.38. The van der Waals surface area contributed by atoms with E-state index >= 15 is 0 Å². The summed E-state index contributed by atoms with van der Waals surface area (Å²) in [6, 6.07) is 6.22. The molecule has 1 fully saturated rings. The SMILES string of the molecule is CCOc1cc(C)ccc1CNC(=NC)NCC1(C(=O)N(C)C)CCCC1. The molecule has 2 rings (SSSR count). The molecule has 1 saturated carbocycles. The van der Waals surface area contributed by atoms with Crippen LogP contribution in [0, 0.1) is 12.3 Å². The van der Waals surface area contributed by atoms with Gasteiger partial charge in [-0.1, -0.05) is 25.0 Å².